The monoisotopic (exact) mass is 257 g/mol. The molecule has 1 aromatic heterocycles. The summed E-state index contributed by atoms with van der Waals surface area (Å²) in [5, 5.41) is 9.78. The number of carbonyl (C=O) groups is 1. The van der Waals surface area contributed by atoms with Gasteiger partial charge in [-0.3, -0.25) is 4.79 Å². The highest BCUT2D eigenvalue weighted by Crippen LogP contribution is 2.27. The summed E-state index contributed by atoms with van der Waals surface area (Å²) < 4.78 is 0. The van der Waals surface area contributed by atoms with Crippen LogP contribution in [0.5, 0.6) is 0 Å². The highest BCUT2D eigenvalue weighted by atomic mass is 32.2. The van der Waals surface area contributed by atoms with Crippen molar-refractivity contribution in [3.63, 3.8) is 0 Å². The first-order chi connectivity index (χ1) is 7.74. The Balaban J connectivity index is 1.88. The maximum Gasteiger partial charge on any atom is 0.308 e. The summed E-state index contributed by atoms with van der Waals surface area (Å²) in [7, 11) is 0. The summed E-state index contributed by atoms with van der Waals surface area (Å²) >= 11 is 3.58. The van der Waals surface area contributed by atoms with Crippen molar-refractivity contribution < 1.29 is 9.90 Å². The zero-order valence-corrected chi connectivity index (χ0v) is 10.6. The van der Waals surface area contributed by atoms with Gasteiger partial charge in [0.15, 0.2) is 0 Å². The molecule has 0 amide bonds. The summed E-state index contributed by atoms with van der Waals surface area (Å²) in [6.07, 6.45) is 5.41. The fraction of sp³-hybridized carbons (Fsp3) is 0.636. The van der Waals surface area contributed by atoms with E-state index in [0.29, 0.717) is 0 Å². The van der Waals surface area contributed by atoms with Gasteiger partial charge in [0, 0.05) is 17.5 Å². The minimum absolute atomic E-state index is 0.109. The molecule has 0 unspecified atom stereocenters. The zero-order chi connectivity index (χ0) is 11.4. The Hall–Kier alpha value is -0.550. The molecule has 1 saturated heterocycles. The Kier molecular flexibility index (Phi) is 4.23. The van der Waals surface area contributed by atoms with Gasteiger partial charge in [-0.25, -0.2) is 4.98 Å². The normalized spacial score (nSPS) is 17.5. The molecular formula is C11H15NO2S2. The summed E-state index contributed by atoms with van der Waals surface area (Å²) in [5.41, 5.74) is 0. The van der Waals surface area contributed by atoms with Crippen LogP contribution >= 0.6 is 23.1 Å². The molecule has 2 rings (SSSR count). The van der Waals surface area contributed by atoms with Crippen molar-refractivity contribution >= 4 is 29.1 Å². The van der Waals surface area contributed by atoms with Crippen LogP contribution in [0, 0.1) is 5.92 Å². The van der Waals surface area contributed by atoms with Crippen LogP contribution < -0.4 is 0 Å². The van der Waals surface area contributed by atoms with Crippen LogP contribution in [-0.4, -0.2) is 27.6 Å². The van der Waals surface area contributed by atoms with Gasteiger partial charge >= 0.3 is 5.97 Å². The Bertz CT molecular complexity index is 359. The van der Waals surface area contributed by atoms with Crippen molar-refractivity contribution in [2.45, 2.75) is 25.7 Å². The molecular weight excluding hydrogens is 242 g/mol. The van der Waals surface area contributed by atoms with Crippen molar-refractivity contribution in [2.24, 2.45) is 5.92 Å². The number of aliphatic carboxylic acids is 1. The van der Waals surface area contributed by atoms with Gasteiger partial charge < -0.3 is 5.11 Å². The van der Waals surface area contributed by atoms with E-state index in [1.54, 1.807) is 17.5 Å². The van der Waals surface area contributed by atoms with Crippen molar-refractivity contribution in [1.82, 2.24) is 4.98 Å². The molecule has 1 N–H and O–H groups in total. The Morgan fingerprint density at radius 3 is 2.94 bits per heavy atom. The molecule has 3 nitrogen and oxygen atoms in total. The first-order valence-electron chi connectivity index (χ1n) is 5.47. The second kappa shape index (κ2) is 5.68. The lowest BCUT2D eigenvalue weighted by atomic mass is 9.99. The highest BCUT2D eigenvalue weighted by molar-refractivity contribution is 7.99. The van der Waals surface area contributed by atoms with Crippen LogP contribution in [0.1, 0.15) is 22.7 Å². The largest absolute Gasteiger partial charge is 0.481 e. The van der Waals surface area contributed by atoms with Gasteiger partial charge in [-0.05, 0) is 30.3 Å². The number of carboxylic acids is 1. The third-order valence-corrected chi connectivity index (χ3v) is 4.80. The number of hydrogen-bond donors (Lipinski definition) is 1. The van der Waals surface area contributed by atoms with Crippen LogP contribution in [0.4, 0.5) is 0 Å². The predicted molar refractivity (Wildman–Crippen MR) is 67.2 cm³/mol. The van der Waals surface area contributed by atoms with E-state index >= 15 is 0 Å². The van der Waals surface area contributed by atoms with Crippen molar-refractivity contribution in [2.75, 3.05) is 11.5 Å². The lowest BCUT2D eigenvalue weighted by molar-refractivity contribution is -0.136. The molecule has 0 spiro atoms. The van der Waals surface area contributed by atoms with Gasteiger partial charge in [-0.2, -0.15) is 11.8 Å². The van der Waals surface area contributed by atoms with Crippen molar-refractivity contribution in [3.8, 4) is 0 Å². The first-order valence-corrected chi connectivity index (χ1v) is 7.44. The fourth-order valence-electron chi connectivity index (χ4n) is 1.87. The van der Waals surface area contributed by atoms with E-state index in [1.807, 2.05) is 11.8 Å². The third kappa shape index (κ3) is 3.49. The molecule has 88 valence electrons. The first kappa shape index (κ1) is 11.9. The van der Waals surface area contributed by atoms with E-state index in [1.165, 1.54) is 24.3 Å². The predicted octanol–water partition coefficient (Wildman–Crippen LogP) is 2.46. The molecule has 16 heavy (non-hydrogen) atoms. The lowest BCUT2D eigenvalue weighted by Crippen LogP contribution is -2.11. The fourth-order valence-corrected chi connectivity index (χ4v) is 4.10. The van der Waals surface area contributed by atoms with Crippen molar-refractivity contribution in [1.29, 1.82) is 0 Å². The van der Waals surface area contributed by atoms with E-state index in [4.69, 9.17) is 5.11 Å². The van der Waals surface area contributed by atoms with E-state index in [2.05, 4.69) is 4.98 Å². The molecule has 1 aliphatic rings. The highest BCUT2D eigenvalue weighted by Gasteiger charge is 2.16. The maximum atomic E-state index is 10.5. The Labute approximate surface area is 103 Å². The molecule has 5 heteroatoms. The topological polar surface area (TPSA) is 50.2 Å². The van der Waals surface area contributed by atoms with E-state index in [0.717, 1.165) is 22.2 Å². The van der Waals surface area contributed by atoms with Gasteiger partial charge in [0.1, 0.15) is 0 Å². The van der Waals surface area contributed by atoms with E-state index < -0.39 is 5.97 Å². The summed E-state index contributed by atoms with van der Waals surface area (Å²) in [6, 6.07) is 0. The number of aromatic nitrogens is 1. The van der Waals surface area contributed by atoms with Gasteiger partial charge in [-0.1, -0.05) is 0 Å². The zero-order valence-electron chi connectivity index (χ0n) is 9.02. The van der Waals surface area contributed by atoms with Gasteiger partial charge in [0.25, 0.3) is 0 Å². The maximum absolute atomic E-state index is 10.5. The van der Waals surface area contributed by atoms with Crippen LogP contribution in [0.15, 0.2) is 6.20 Å². The summed E-state index contributed by atoms with van der Waals surface area (Å²) in [6.45, 7) is 0. The van der Waals surface area contributed by atoms with Crippen LogP contribution in [-0.2, 0) is 17.6 Å². The SMILES string of the molecule is O=C(O)Cc1cnc(CC2CCSCC2)s1. The number of thioether (sulfide) groups is 1. The molecule has 0 aliphatic carbocycles. The van der Waals surface area contributed by atoms with Crippen LogP contribution in [0.3, 0.4) is 0 Å². The second-order valence-corrected chi connectivity index (χ2v) is 6.48. The van der Waals surface area contributed by atoms with E-state index in [9.17, 15) is 4.79 Å². The molecule has 0 saturated carbocycles. The summed E-state index contributed by atoms with van der Waals surface area (Å²) in [4.78, 5) is 15.7. The minimum atomic E-state index is -0.774. The average Bonchev–Trinajstić information content (AvgIpc) is 2.66. The van der Waals surface area contributed by atoms with E-state index in [-0.39, 0.29) is 6.42 Å². The minimum Gasteiger partial charge on any atom is -0.481 e. The van der Waals surface area contributed by atoms with Gasteiger partial charge in [0.05, 0.1) is 11.4 Å². The smallest absolute Gasteiger partial charge is 0.308 e. The van der Waals surface area contributed by atoms with Gasteiger partial charge in [-0.15, -0.1) is 11.3 Å². The average molecular weight is 257 g/mol. The lowest BCUT2D eigenvalue weighted by Gasteiger charge is -2.19. The standard InChI is InChI=1S/C11H15NO2S2/c13-11(14)6-9-7-12-10(16-9)5-8-1-3-15-4-2-8/h7-8H,1-6H2,(H,13,14). The van der Waals surface area contributed by atoms with Gasteiger partial charge in [0.2, 0.25) is 0 Å². The quantitative estimate of drug-likeness (QED) is 0.900. The molecule has 2 heterocycles. The third-order valence-electron chi connectivity index (χ3n) is 2.73. The Morgan fingerprint density at radius 2 is 2.25 bits per heavy atom. The number of thiazole rings is 1. The molecule has 0 radical (unpaired) electrons. The molecule has 0 bridgehead atoms. The number of carboxylic acid groups (broad SMARTS) is 1. The molecule has 1 aliphatic heterocycles. The number of hydrogen-bond acceptors (Lipinski definition) is 4. The summed E-state index contributed by atoms with van der Waals surface area (Å²) in [5.74, 6) is 2.50. The molecule has 1 fully saturated rings. The van der Waals surface area contributed by atoms with Crippen LogP contribution in [0.2, 0.25) is 0 Å². The van der Waals surface area contributed by atoms with Crippen LogP contribution in [0.25, 0.3) is 0 Å². The molecule has 0 atom stereocenters. The second-order valence-electron chi connectivity index (χ2n) is 4.05. The Morgan fingerprint density at radius 1 is 1.50 bits per heavy atom. The van der Waals surface area contributed by atoms with Crippen molar-refractivity contribution in [3.05, 3.63) is 16.1 Å². The molecule has 1 aromatic rings. The molecule has 0 aromatic carbocycles. The number of nitrogens with zero attached hydrogens (tertiary/aromatic N) is 1. The number of rotatable bonds is 4.